The summed E-state index contributed by atoms with van der Waals surface area (Å²) in [6.07, 6.45) is 0. The van der Waals surface area contributed by atoms with E-state index in [9.17, 15) is 4.79 Å². The van der Waals surface area contributed by atoms with Crippen molar-refractivity contribution in [2.24, 2.45) is 5.11 Å². The number of nitrogens with zero attached hydrogens (tertiary/aromatic N) is 4. The molecule has 0 spiro atoms. The Kier molecular flexibility index (Phi) is 3.11. The highest BCUT2D eigenvalue weighted by atomic mass is 16.2. The van der Waals surface area contributed by atoms with Crippen LogP contribution in [0.2, 0.25) is 0 Å². The highest BCUT2D eigenvalue weighted by molar-refractivity contribution is 6.05. The molecule has 0 N–H and O–H groups in total. The molecule has 5 heteroatoms. The molecule has 0 bridgehead atoms. The highest BCUT2D eigenvalue weighted by Crippen LogP contribution is 2.40. The summed E-state index contributed by atoms with van der Waals surface area (Å²) < 4.78 is 0. The highest BCUT2D eigenvalue weighted by Gasteiger charge is 2.48. The van der Waals surface area contributed by atoms with Crippen LogP contribution in [-0.2, 0) is 4.79 Å². The van der Waals surface area contributed by atoms with E-state index in [1.54, 1.807) is 4.90 Å². The van der Waals surface area contributed by atoms with E-state index in [2.05, 4.69) is 10.0 Å². The van der Waals surface area contributed by atoms with Gasteiger partial charge in [0.1, 0.15) is 6.04 Å². The molecule has 0 radical (unpaired) electrons. The van der Waals surface area contributed by atoms with Crippen LogP contribution in [0.15, 0.2) is 65.8 Å². The number of amides is 1. The molecule has 1 amide bonds. The number of azide groups is 1. The van der Waals surface area contributed by atoms with Crippen LogP contribution >= 0.6 is 0 Å². The van der Waals surface area contributed by atoms with Crippen molar-refractivity contribution in [1.82, 2.24) is 0 Å². The molecule has 0 saturated carbocycles. The molecule has 0 aliphatic carbocycles. The monoisotopic (exact) mass is 264 g/mol. The summed E-state index contributed by atoms with van der Waals surface area (Å²) in [7, 11) is 0. The van der Waals surface area contributed by atoms with E-state index in [4.69, 9.17) is 5.53 Å². The number of carbonyl (C=O) groups is 1. The smallest absolute Gasteiger partial charge is 0.239 e. The summed E-state index contributed by atoms with van der Waals surface area (Å²) in [5.41, 5.74) is 10.4. The number of rotatable bonds is 3. The van der Waals surface area contributed by atoms with Gasteiger partial charge >= 0.3 is 0 Å². The molecule has 2 atom stereocenters. The van der Waals surface area contributed by atoms with E-state index in [1.807, 2.05) is 60.7 Å². The van der Waals surface area contributed by atoms with Gasteiger partial charge in [0.2, 0.25) is 5.91 Å². The number of β-lactam (4-membered cyclic amide) rings is 1. The summed E-state index contributed by atoms with van der Waals surface area (Å²) in [6.45, 7) is 0. The average Bonchev–Trinajstić information content (AvgIpc) is 2.51. The van der Waals surface area contributed by atoms with E-state index in [1.165, 1.54) is 0 Å². The molecular formula is C15H12N4O. The predicted molar refractivity (Wildman–Crippen MR) is 76.0 cm³/mol. The maximum atomic E-state index is 12.2. The Hall–Kier alpha value is -2.78. The zero-order valence-electron chi connectivity index (χ0n) is 10.6. The lowest BCUT2D eigenvalue weighted by molar-refractivity contribution is -0.126. The third kappa shape index (κ3) is 1.90. The minimum Gasteiger partial charge on any atom is -0.304 e. The lowest BCUT2D eigenvalue weighted by Crippen LogP contribution is -2.58. The summed E-state index contributed by atoms with van der Waals surface area (Å²) in [4.78, 5) is 16.7. The number of hydrogen-bond donors (Lipinski definition) is 0. The van der Waals surface area contributed by atoms with Gasteiger partial charge < -0.3 is 4.90 Å². The molecular weight excluding hydrogens is 252 g/mol. The first-order valence-electron chi connectivity index (χ1n) is 6.30. The minimum absolute atomic E-state index is 0.164. The average molecular weight is 264 g/mol. The fraction of sp³-hybridized carbons (Fsp3) is 0.133. The second-order valence-corrected chi connectivity index (χ2v) is 4.55. The topological polar surface area (TPSA) is 69.1 Å². The van der Waals surface area contributed by atoms with Gasteiger partial charge in [-0.1, -0.05) is 53.6 Å². The summed E-state index contributed by atoms with van der Waals surface area (Å²) in [5.74, 6) is -0.164. The van der Waals surface area contributed by atoms with Gasteiger partial charge in [0.15, 0.2) is 0 Å². The summed E-state index contributed by atoms with van der Waals surface area (Å²) in [6, 6.07) is 18.1. The van der Waals surface area contributed by atoms with Crippen LogP contribution in [0, 0.1) is 0 Å². The van der Waals surface area contributed by atoms with Crippen molar-refractivity contribution in [3.05, 3.63) is 76.7 Å². The van der Waals surface area contributed by atoms with Gasteiger partial charge in [-0.3, -0.25) is 4.79 Å². The number of carbonyl (C=O) groups excluding carboxylic acids is 1. The van der Waals surface area contributed by atoms with E-state index in [0.29, 0.717) is 0 Å². The van der Waals surface area contributed by atoms with Crippen molar-refractivity contribution in [1.29, 1.82) is 0 Å². The zero-order chi connectivity index (χ0) is 13.9. The number of hydrogen-bond acceptors (Lipinski definition) is 2. The zero-order valence-corrected chi connectivity index (χ0v) is 10.6. The fourth-order valence-electron chi connectivity index (χ4n) is 2.50. The number of para-hydroxylation sites is 1. The van der Waals surface area contributed by atoms with Crippen LogP contribution in [0.3, 0.4) is 0 Å². The van der Waals surface area contributed by atoms with Crippen LogP contribution < -0.4 is 4.90 Å². The van der Waals surface area contributed by atoms with Gasteiger partial charge in [-0.15, -0.1) is 0 Å². The largest absolute Gasteiger partial charge is 0.304 e. The molecule has 1 heterocycles. The second-order valence-electron chi connectivity index (χ2n) is 4.55. The lowest BCUT2D eigenvalue weighted by atomic mass is 9.88. The van der Waals surface area contributed by atoms with Gasteiger partial charge in [-0.25, -0.2) is 0 Å². The second kappa shape index (κ2) is 5.07. The van der Waals surface area contributed by atoms with Crippen LogP contribution in [0.1, 0.15) is 11.6 Å². The van der Waals surface area contributed by atoms with Gasteiger partial charge in [-0.2, -0.15) is 0 Å². The normalized spacial score (nSPS) is 21.0. The SMILES string of the molecule is [N-]=[N+]=N[C@H]1C(=O)N(c2ccccc2)[C@@H]1c1ccccc1. The van der Waals surface area contributed by atoms with Crippen LogP contribution in [0.5, 0.6) is 0 Å². The van der Waals surface area contributed by atoms with E-state index in [0.717, 1.165) is 11.3 Å². The van der Waals surface area contributed by atoms with Gasteiger partial charge in [0, 0.05) is 10.6 Å². The van der Waals surface area contributed by atoms with Crippen molar-refractivity contribution in [3.63, 3.8) is 0 Å². The third-order valence-corrected chi connectivity index (χ3v) is 3.42. The fourth-order valence-corrected chi connectivity index (χ4v) is 2.50. The summed E-state index contributed by atoms with van der Waals surface area (Å²) >= 11 is 0. The third-order valence-electron chi connectivity index (χ3n) is 3.42. The quantitative estimate of drug-likeness (QED) is 0.362. The number of benzene rings is 2. The standard InChI is InChI=1S/C15H12N4O/c16-18-17-13-14(11-7-3-1-4-8-11)19(15(13)20)12-9-5-2-6-10-12/h1-10,13-14H/t13-,14-/m1/s1. The lowest BCUT2D eigenvalue weighted by Gasteiger charge is -2.45. The molecule has 2 aromatic rings. The Morgan fingerprint density at radius 3 is 2.20 bits per heavy atom. The molecule has 98 valence electrons. The maximum absolute atomic E-state index is 12.2. The van der Waals surface area contributed by atoms with Crippen molar-refractivity contribution in [2.45, 2.75) is 12.1 Å². The molecule has 2 aromatic carbocycles. The van der Waals surface area contributed by atoms with Crippen molar-refractivity contribution in [3.8, 4) is 0 Å². The van der Waals surface area contributed by atoms with Crippen LogP contribution in [0.25, 0.3) is 10.4 Å². The Morgan fingerprint density at radius 1 is 1.00 bits per heavy atom. The van der Waals surface area contributed by atoms with Crippen molar-refractivity contribution in [2.75, 3.05) is 4.90 Å². The molecule has 1 aliphatic rings. The van der Waals surface area contributed by atoms with Gasteiger partial charge in [0.25, 0.3) is 0 Å². The van der Waals surface area contributed by atoms with Gasteiger partial charge in [0.05, 0.1) is 6.04 Å². The number of anilines is 1. The molecule has 0 aromatic heterocycles. The minimum atomic E-state index is -0.664. The Labute approximate surface area is 116 Å². The van der Waals surface area contributed by atoms with E-state index >= 15 is 0 Å². The van der Waals surface area contributed by atoms with Crippen molar-refractivity contribution < 1.29 is 4.79 Å². The van der Waals surface area contributed by atoms with Crippen molar-refractivity contribution >= 4 is 11.6 Å². The molecule has 1 aliphatic heterocycles. The maximum Gasteiger partial charge on any atom is 0.239 e. The van der Waals surface area contributed by atoms with E-state index in [-0.39, 0.29) is 11.9 Å². The molecule has 1 saturated heterocycles. The first kappa shape index (κ1) is 12.3. The van der Waals surface area contributed by atoms with E-state index < -0.39 is 6.04 Å². The Bertz CT molecular complexity index is 665. The molecule has 20 heavy (non-hydrogen) atoms. The predicted octanol–water partition coefficient (Wildman–Crippen LogP) is 3.45. The molecule has 5 nitrogen and oxygen atoms in total. The first-order chi connectivity index (χ1) is 9.83. The summed E-state index contributed by atoms with van der Waals surface area (Å²) in [5, 5.41) is 3.63. The van der Waals surface area contributed by atoms with Crippen LogP contribution in [-0.4, -0.2) is 11.9 Å². The first-order valence-corrected chi connectivity index (χ1v) is 6.30. The Balaban J connectivity index is 2.01. The van der Waals surface area contributed by atoms with Crippen LogP contribution in [0.4, 0.5) is 5.69 Å². The molecule has 3 rings (SSSR count). The van der Waals surface area contributed by atoms with Gasteiger partial charge in [-0.05, 0) is 23.2 Å². The molecule has 0 unspecified atom stereocenters. The Morgan fingerprint density at radius 2 is 1.60 bits per heavy atom. The molecule has 1 fully saturated rings.